The molecule has 2 aromatic rings. The van der Waals surface area contributed by atoms with Crippen molar-refractivity contribution in [3.8, 4) is 5.75 Å². The second-order valence-corrected chi connectivity index (χ2v) is 4.68. The van der Waals surface area contributed by atoms with Crippen LogP contribution in [0.5, 0.6) is 5.75 Å². The Labute approximate surface area is 120 Å². The van der Waals surface area contributed by atoms with Crippen molar-refractivity contribution in [1.29, 1.82) is 0 Å². The lowest BCUT2D eigenvalue weighted by Crippen LogP contribution is -2.03. The number of benzene rings is 2. The molecule has 0 fully saturated rings. The standard InChI is InChI=1S/C15H12ClFO3/c1-9-5-6-10(7-11(9)15(18)19)20-8-12-13(16)3-2-4-14(12)17/h2-7H,8H2,1H3,(H,18,19). The van der Waals surface area contributed by atoms with Crippen molar-refractivity contribution < 1.29 is 19.0 Å². The average molecular weight is 295 g/mol. The van der Waals surface area contributed by atoms with E-state index in [0.717, 1.165) is 0 Å². The summed E-state index contributed by atoms with van der Waals surface area (Å²) in [5, 5.41) is 9.30. The molecule has 0 heterocycles. The van der Waals surface area contributed by atoms with Crippen LogP contribution >= 0.6 is 11.6 Å². The molecule has 0 amide bonds. The zero-order valence-electron chi connectivity index (χ0n) is 10.7. The minimum atomic E-state index is -1.03. The van der Waals surface area contributed by atoms with Crippen molar-refractivity contribution in [3.63, 3.8) is 0 Å². The average Bonchev–Trinajstić information content (AvgIpc) is 2.39. The van der Waals surface area contributed by atoms with E-state index in [4.69, 9.17) is 21.4 Å². The molecule has 0 aliphatic heterocycles. The van der Waals surface area contributed by atoms with Crippen molar-refractivity contribution in [3.05, 3.63) is 63.9 Å². The first-order chi connectivity index (χ1) is 9.49. The third kappa shape index (κ3) is 3.08. The van der Waals surface area contributed by atoms with Gasteiger partial charge in [-0.3, -0.25) is 0 Å². The number of aryl methyl sites for hydroxylation is 1. The first-order valence-electron chi connectivity index (χ1n) is 5.88. The number of carbonyl (C=O) groups is 1. The van der Waals surface area contributed by atoms with Crippen LogP contribution in [0.25, 0.3) is 0 Å². The minimum Gasteiger partial charge on any atom is -0.489 e. The van der Waals surface area contributed by atoms with Gasteiger partial charge in [0.25, 0.3) is 0 Å². The first-order valence-corrected chi connectivity index (χ1v) is 6.26. The molecule has 2 aromatic carbocycles. The lowest BCUT2D eigenvalue weighted by molar-refractivity contribution is 0.0695. The smallest absolute Gasteiger partial charge is 0.336 e. The van der Waals surface area contributed by atoms with E-state index in [9.17, 15) is 9.18 Å². The van der Waals surface area contributed by atoms with Gasteiger partial charge in [0.15, 0.2) is 0 Å². The highest BCUT2D eigenvalue weighted by Crippen LogP contribution is 2.23. The Bertz CT molecular complexity index is 635. The van der Waals surface area contributed by atoms with Gasteiger partial charge in [-0.15, -0.1) is 0 Å². The predicted octanol–water partition coefficient (Wildman–Crippen LogP) is 4.06. The lowest BCUT2D eigenvalue weighted by Gasteiger charge is -2.10. The molecule has 1 N–H and O–H groups in total. The van der Waals surface area contributed by atoms with E-state index >= 15 is 0 Å². The topological polar surface area (TPSA) is 46.5 Å². The Kier molecular flexibility index (Phi) is 4.25. The van der Waals surface area contributed by atoms with Gasteiger partial charge in [0.05, 0.1) is 10.6 Å². The van der Waals surface area contributed by atoms with Crippen LogP contribution in [0, 0.1) is 12.7 Å². The van der Waals surface area contributed by atoms with Crippen LogP contribution in [-0.4, -0.2) is 11.1 Å². The number of aromatic carboxylic acids is 1. The molecule has 0 unspecified atom stereocenters. The molecule has 0 aliphatic carbocycles. The molecular weight excluding hydrogens is 283 g/mol. The van der Waals surface area contributed by atoms with Crippen molar-refractivity contribution in [2.75, 3.05) is 0 Å². The van der Waals surface area contributed by atoms with E-state index in [0.29, 0.717) is 11.3 Å². The molecule has 2 rings (SSSR count). The fourth-order valence-electron chi connectivity index (χ4n) is 1.75. The van der Waals surface area contributed by atoms with Crippen LogP contribution in [0.3, 0.4) is 0 Å². The monoisotopic (exact) mass is 294 g/mol. The van der Waals surface area contributed by atoms with Crippen LogP contribution < -0.4 is 4.74 Å². The van der Waals surface area contributed by atoms with Gasteiger partial charge < -0.3 is 9.84 Å². The molecular formula is C15H12ClFO3. The highest BCUT2D eigenvalue weighted by molar-refractivity contribution is 6.31. The van der Waals surface area contributed by atoms with E-state index in [-0.39, 0.29) is 22.8 Å². The Balaban J connectivity index is 2.19. The highest BCUT2D eigenvalue weighted by Gasteiger charge is 2.11. The van der Waals surface area contributed by atoms with Gasteiger partial charge in [-0.05, 0) is 36.8 Å². The molecule has 104 valence electrons. The molecule has 20 heavy (non-hydrogen) atoms. The number of ether oxygens (including phenoxy) is 1. The molecule has 0 aromatic heterocycles. The molecule has 0 atom stereocenters. The van der Waals surface area contributed by atoms with E-state index < -0.39 is 11.8 Å². The second-order valence-electron chi connectivity index (χ2n) is 4.27. The summed E-state index contributed by atoms with van der Waals surface area (Å²) in [6.07, 6.45) is 0. The van der Waals surface area contributed by atoms with Gasteiger partial charge in [0, 0.05) is 5.56 Å². The van der Waals surface area contributed by atoms with Gasteiger partial charge >= 0.3 is 5.97 Å². The zero-order valence-corrected chi connectivity index (χ0v) is 11.4. The fourth-order valence-corrected chi connectivity index (χ4v) is 1.96. The largest absolute Gasteiger partial charge is 0.489 e. The van der Waals surface area contributed by atoms with E-state index in [2.05, 4.69) is 0 Å². The maximum atomic E-state index is 13.6. The summed E-state index contributed by atoms with van der Waals surface area (Å²) in [6, 6.07) is 9.06. The third-order valence-electron chi connectivity index (χ3n) is 2.88. The van der Waals surface area contributed by atoms with Crippen molar-refractivity contribution in [2.24, 2.45) is 0 Å². The number of rotatable bonds is 4. The molecule has 5 heteroatoms. The number of carboxylic acid groups (broad SMARTS) is 1. The predicted molar refractivity (Wildman–Crippen MR) is 73.9 cm³/mol. The van der Waals surface area contributed by atoms with Gasteiger partial charge in [-0.1, -0.05) is 23.7 Å². The van der Waals surface area contributed by atoms with E-state index in [1.54, 1.807) is 25.1 Å². The number of halogens is 2. The van der Waals surface area contributed by atoms with Crippen LogP contribution in [-0.2, 0) is 6.61 Å². The quantitative estimate of drug-likeness (QED) is 0.925. The summed E-state index contributed by atoms with van der Waals surface area (Å²) in [7, 11) is 0. The maximum absolute atomic E-state index is 13.6. The van der Waals surface area contributed by atoms with E-state index in [1.807, 2.05) is 0 Å². The molecule has 0 bridgehead atoms. The SMILES string of the molecule is Cc1ccc(OCc2c(F)cccc2Cl)cc1C(=O)O. The van der Waals surface area contributed by atoms with Crippen LogP contribution in [0.4, 0.5) is 4.39 Å². The van der Waals surface area contributed by atoms with Gasteiger partial charge in [0.2, 0.25) is 0 Å². The summed E-state index contributed by atoms with van der Waals surface area (Å²) in [5.41, 5.74) is 1.03. The molecule has 3 nitrogen and oxygen atoms in total. The molecule has 0 saturated heterocycles. The van der Waals surface area contributed by atoms with Gasteiger partial charge in [-0.2, -0.15) is 0 Å². The Morgan fingerprint density at radius 2 is 2.10 bits per heavy atom. The van der Waals surface area contributed by atoms with Crippen molar-refractivity contribution >= 4 is 17.6 Å². The van der Waals surface area contributed by atoms with Gasteiger partial charge in [0.1, 0.15) is 18.2 Å². The lowest BCUT2D eigenvalue weighted by atomic mass is 10.1. The van der Waals surface area contributed by atoms with E-state index in [1.165, 1.54) is 18.2 Å². The normalized spacial score (nSPS) is 10.3. The summed E-state index contributed by atoms with van der Waals surface area (Å²) < 4.78 is 19.0. The van der Waals surface area contributed by atoms with Crippen LogP contribution in [0.2, 0.25) is 5.02 Å². The van der Waals surface area contributed by atoms with Gasteiger partial charge in [-0.25, -0.2) is 9.18 Å². The fraction of sp³-hybridized carbons (Fsp3) is 0.133. The summed E-state index contributed by atoms with van der Waals surface area (Å²) in [6.45, 7) is 1.63. The Morgan fingerprint density at radius 3 is 2.75 bits per heavy atom. The first kappa shape index (κ1) is 14.3. The Hall–Kier alpha value is -2.07. The second kappa shape index (κ2) is 5.92. The molecule has 0 spiro atoms. The minimum absolute atomic E-state index is 0.0619. The molecule has 0 saturated carbocycles. The number of carboxylic acids is 1. The van der Waals surface area contributed by atoms with Crippen LogP contribution in [0.1, 0.15) is 21.5 Å². The zero-order chi connectivity index (χ0) is 14.7. The summed E-state index contributed by atoms with van der Waals surface area (Å²) in [4.78, 5) is 11.0. The summed E-state index contributed by atoms with van der Waals surface area (Å²) >= 11 is 5.89. The highest BCUT2D eigenvalue weighted by atomic mass is 35.5. The number of hydrogen-bond acceptors (Lipinski definition) is 2. The van der Waals surface area contributed by atoms with Crippen molar-refractivity contribution in [1.82, 2.24) is 0 Å². The summed E-state index contributed by atoms with van der Waals surface area (Å²) in [5.74, 6) is -1.13. The maximum Gasteiger partial charge on any atom is 0.336 e. The molecule has 0 radical (unpaired) electrons. The van der Waals surface area contributed by atoms with Crippen LogP contribution in [0.15, 0.2) is 36.4 Å². The molecule has 0 aliphatic rings. The van der Waals surface area contributed by atoms with Crippen molar-refractivity contribution in [2.45, 2.75) is 13.5 Å². The Morgan fingerprint density at radius 1 is 1.35 bits per heavy atom. The number of hydrogen-bond donors (Lipinski definition) is 1. The third-order valence-corrected chi connectivity index (χ3v) is 3.24.